The number of H-pyrrole nitrogens is 1. The zero-order chi connectivity index (χ0) is 16.8. The minimum atomic E-state index is 0.0765. The Bertz CT molecular complexity index is 898. The third kappa shape index (κ3) is 1.92. The molecule has 4 aliphatic rings. The first-order valence-electron chi connectivity index (χ1n) is 9.39. The van der Waals surface area contributed by atoms with Gasteiger partial charge in [0.05, 0.1) is 6.33 Å². The van der Waals surface area contributed by atoms with Crippen LogP contribution in [-0.4, -0.2) is 38.9 Å². The molecule has 0 radical (unpaired) electrons. The Kier molecular flexibility index (Phi) is 2.42. The van der Waals surface area contributed by atoms with Gasteiger partial charge in [-0.05, 0) is 48.9 Å². The highest BCUT2D eigenvalue weighted by Crippen LogP contribution is 2.70. The molecule has 130 valence electrons. The Morgan fingerprint density at radius 2 is 2.28 bits per heavy atom. The number of imidazole rings is 1. The van der Waals surface area contributed by atoms with Gasteiger partial charge < -0.3 is 9.88 Å². The van der Waals surface area contributed by atoms with Gasteiger partial charge in [-0.3, -0.25) is 10.1 Å². The Hall–Kier alpha value is -2.18. The number of amides is 1. The van der Waals surface area contributed by atoms with Crippen molar-refractivity contribution in [2.45, 2.75) is 39.0 Å². The SMILES string of the molecule is CCC12CC1CN(c1nc(NC(=O)C3CC34CC4)nc3nc[nH]c13)C2. The fourth-order valence-corrected chi connectivity index (χ4v) is 5.03. The summed E-state index contributed by atoms with van der Waals surface area (Å²) in [5.74, 6) is 2.30. The van der Waals surface area contributed by atoms with E-state index in [2.05, 4.69) is 32.1 Å². The van der Waals surface area contributed by atoms with Gasteiger partial charge in [0.1, 0.15) is 5.52 Å². The fourth-order valence-electron chi connectivity index (χ4n) is 5.03. The number of rotatable bonds is 4. The molecule has 1 amide bonds. The third-order valence-electron chi connectivity index (χ3n) is 7.21. The van der Waals surface area contributed by atoms with Crippen molar-refractivity contribution in [3.05, 3.63) is 6.33 Å². The summed E-state index contributed by atoms with van der Waals surface area (Å²) in [6.07, 6.45) is 7.64. The molecular weight excluding hydrogens is 316 g/mol. The predicted octanol–water partition coefficient (Wildman–Crippen LogP) is 2.33. The summed E-state index contributed by atoms with van der Waals surface area (Å²) in [5, 5.41) is 2.95. The highest BCUT2D eigenvalue weighted by molar-refractivity contribution is 5.95. The molecule has 25 heavy (non-hydrogen) atoms. The second kappa shape index (κ2) is 4.31. The van der Waals surface area contributed by atoms with Crippen LogP contribution in [0.5, 0.6) is 0 Å². The maximum atomic E-state index is 12.5. The van der Waals surface area contributed by atoms with Crippen molar-refractivity contribution >= 4 is 28.8 Å². The van der Waals surface area contributed by atoms with Crippen LogP contribution in [0.4, 0.5) is 11.8 Å². The average molecular weight is 338 g/mol. The summed E-state index contributed by atoms with van der Waals surface area (Å²) < 4.78 is 0. The lowest BCUT2D eigenvalue weighted by Crippen LogP contribution is -2.26. The molecule has 7 nitrogen and oxygen atoms in total. The molecule has 0 aromatic carbocycles. The van der Waals surface area contributed by atoms with Gasteiger partial charge in [0.25, 0.3) is 0 Å². The van der Waals surface area contributed by atoms with Crippen LogP contribution < -0.4 is 10.2 Å². The van der Waals surface area contributed by atoms with Crippen LogP contribution in [0.3, 0.4) is 0 Å². The van der Waals surface area contributed by atoms with Crippen molar-refractivity contribution < 1.29 is 4.79 Å². The molecule has 3 unspecified atom stereocenters. The van der Waals surface area contributed by atoms with E-state index in [1.54, 1.807) is 6.33 Å². The molecule has 2 aromatic heterocycles. The Morgan fingerprint density at radius 3 is 3.00 bits per heavy atom. The van der Waals surface area contributed by atoms with Gasteiger partial charge in [0.15, 0.2) is 11.5 Å². The van der Waals surface area contributed by atoms with Crippen molar-refractivity contribution in [3.63, 3.8) is 0 Å². The van der Waals surface area contributed by atoms with Crippen LogP contribution in [-0.2, 0) is 4.79 Å². The first kappa shape index (κ1) is 14.0. The summed E-state index contributed by atoms with van der Waals surface area (Å²) in [5.41, 5.74) is 2.32. The maximum Gasteiger partial charge on any atom is 0.233 e. The number of nitrogens with one attached hydrogen (secondary N) is 2. The Labute approximate surface area is 145 Å². The standard InChI is InChI=1S/C18H22N6O/c1-2-17-5-10(17)7-24(8-17)14-12-13(20-9-19-12)21-16(22-14)23-15(25)11-6-18(11)3-4-18/h9-11H,2-8H2,1H3,(H2,19,20,21,22,23,25). The molecule has 3 saturated carbocycles. The Balaban J connectivity index is 1.31. The number of anilines is 2. The van der Waals surface area contributed by atoms with E-state index < -0.39 is 0 Å². The van der Waals surface area contributed by atoms with Crippen molar-refractivity contribution in [2.24, 2.45) is 22.7 Å². The Morgan fingerprint density at radius 1 is 1.40 bits per heavy atom. The van der Waals surface area contributed by atoms with Gasteiger partial charge in [0, 0.05) is 19.0 Å². The van der Waals surface area contributed by atoms with E-state index in [1.807, 2.05) is 0 Å². The lowest BCUT2D eigenvalue weighted by molar-refractivity contribution is -0.117. The van der Waals surface area contributed by atoms with Crippen LogP contribution in [0.1, 0.15) is 39.0 Å². The summed E-state index contributed by atoms with van der Waals surface area (Å²) in [7, 11) is 0. The fraction of sp³-hybridized carbons (Fsp3) is 0.667. The van der Waals surface area contributed by atoms with E-state index >= 15 is 0 Å². The summed E-state index contributed by atoms with van der Waals surface area (Å²) in [4.78, 5) is 31.4. The van der Waals surface area contributed by atoms with Gasteiger partial charge in [-0.1, -0.05) is 6.92 Å². The number of piperidine rings is 1. The number of fused-ring (bicyclic) bond motifs is 2. The third-order valence-corrected chi connectivity index (χ3v) is 7.21. The molecule has 7 heteroatoms. The molecule has 3 aliphatic carbocycles. The molecule has 3 heterocycles. The zero-order valence-electron chi connectivity index (χ0n) is 14.4. The topological polar surface area (TPSA) is 86.8 Å². The van der Waals surface area contributed by atoms with E-state index in [4.69, 9.17) is 4.98 Å². The smallest absolute Gasteiger partial charge is 0.233 e. The van der Waals surface area contributed by atoms with E-state index in [0.29, 0.717) is 22.4 Å². The van der Waals surface area contributed by atoms with Gasteiger partial charge in [-0.2, -0.15) is 9.97 Å². The van der Waals surface area contributed by atoms with E-state index in [9.17, 15) is 4.79 Å². The number of hydrogen-bond acceptors (Lipinski definition) is 5. The van der Waals surface area contributed by atoms with E-state index in [0.717, 1.165) is 36.8 Å². The van der Waals surface area contributed by atoms with Gasteiger partial charge >= 0.3 is 0 Å². The number of aromatic nitrogens is 4. The highest BCUT2D eigenvalue weighted by Gasteiger charge is 2.65. The van der Waals surface area contributed by atoms with Crippen LogP contribution in [0.25, 0.3) is 11.2 Å². The lowest BCUT2D eigenvalue weighted by Gasteiger charge is -2.22. The zero-order valence-corrected chi connectivity index (χ0v) is 14.4. The lowest BCUT2D eigenvalue weighted by atomic mass is 10.0. The molecular formula is C18H22N6O. The molecule has 0 bridgehead atoms. The normalized spacial score (nSPS) is 33.6. The molecule has 1 aliphatic heterocycles. The molecule has 1 saturated heterocycles. The first-order valence-corrected chi connectivity index (χ1v) is 9.39. The first-order chi connectivity index (χ1) is 12.1. The number of nitrogens with zero attached hydrogens (tertiary/aromatic N) is 4. The predicted molar refractivity (Wildman–Crippen MR) is 93.1 cm³/mol. The summed E-state index contributed by atoms with van der Waals surface area (Å²) in [6, 6.07) is 0. The molecule has 2 N–H and O–H groups in total. The van der Waals surface area contributed by atoms with Gasteiger partial charge in [-0.15, -0.1) is 0 Å². The molecule has 3 atom stereocenters. The average Bonchev–Trinajstić information content (AvgIpc) is 3.57. The number of aromatic amines is 1. The highest BCUT2D eigenvalue weighted by atomic mass is 16.2. The van der Waals surface area contributed by atoms with Crippen LogP contribution >= 0.6 is 0 Å². The van der Waals surface area contributed by atoms with Gasteiger partial charge in [0.2, 0.25) is 11.9 Å². The molecule has 4 fully saturated rings. The molecule has 2 aromatic rings. The second-order valence-electron chi connectivity index (χ2n) is 8.58. The van der Waals surface area contributed by atoms with Crippen molar-refractivity contribution in [1.29, 1.82) is 0 Å². The van der Waals surface area contributed by atoms with Crippen LogP contribution in [0.15, 0.2) is 6.33 Å². The summed E-state index contributed by atoms with van der Waals surface area (Å²) in [6.45, 7) is 4.36. The van der Waals surface area contributed by atoms with Crippen LogP contribution in [0, 0.1) is 22.7 Å². The second-order valence-corrected chi connectivity index (χ2v) is 8.58. The molecule has 6 rings (SSSR count). The van der Waals surface area contributed by atoms with E-state index in [1.165, 1.54) is 25.7 Å². The summed E-state index contributed by atoms with van der Waals surface area (Å²) >= 11 is 0. The quantitative estimate of drug-likeness (QED) is 0.893. The maximum absolute atomic E-state index is 12.5. The monoisotopic (exact) mass is 338 g/mol. The number of carbonyl (C=O) groups excluding carboxylic acids is 1. The van der Waals surface area contributed by atoms with Gasteiger partial charge in [-0.25, -0.2) is 4.98 Å². The largest absolute Gasteiger partial charge is 0.354 e. The minimum absolute atomic E-state index is 0.0765. The number of hydrogen-bond donors (Lipinski definition) is 2. The van der Waals surface area contributed by atoms with Crippen molar-refractivity contribution in [3.8, 4) is 0 Å². The van der Waals surface area contributed by atoms with Crippen LogP contribution in [0.2, 0.25) is 0 Å². The van der Waals surface area contributed by atoms with Crippen molar-refractivity contribution in [1.82, 2.24) is 19.9 Å². The van der Waals surface area contributed by atoms with E-state index in [-0.39, 0.29) is 11.8 Å². The number of carbonyl (C=O) groups is 1. The van der Waals surface area contributed by atoms with Crippen molar-refractivity contribution in [2.75, 3.05) is 23.3 Å². The minimum Gasteiger partial charge on any atom is -0.354 e. The molecule has 1 spiro atoms.